The normalized spacial score (nSPS) is 11.0. The molecule has 0 unspecified atom stereocenters. The van der Waals surface area contributed by atoms with Crippen molar-refractivity contribution in [2.24, 2.45) is 11.5 Å². The van der Waals surface area contributed by atoms with E-state index in [1.54, 1.807) is 48.5 Å². The van der Waals surface area contributed by atoms with Crippen LogP contribution in [0.4, 0.5) is 8.78 Å². The summed E-state index contributed by atoms with van der Waals surface area (Å²) < 4.78 is 31.8. The number of carbonyl (C=O) groups excluding carboxylic acids is 7. The van der Waals surface area contributed by atoms with Crippen LogP contribution >= 0.6 is 99.0 Å². The number of halogens is 9. The van der Waals surface area contributed by atoms with E-state index in [1.165, 1.54) is 54.6 Å². The van der Waals surface area contributed by atoms with E-state index in [0.717, 1.165) is 13.2 Å². The molecule has 6 aromatic rings. The number of carbonyl (C=O) groups is 8. The molecule has 466 valence electrons. The zero-order chi connectivity index (χ0) is 64.8. The lowest BCUT2D eigenvalue weighted by molar-refractivity contribution is -0.143. The van der Waals surface area contributed by atoms with Crippen molar-refractivity contribution >= 4 is 170 Å². The second kappa shape index (κ2) is 36.3. The third-order valence-corrected chi connectivity index (χ3v) is 14.1. The molecule has 13 N–H and O–H groups in total. The Balaban J connectivity index is 0.000000391. The van der Waals surface area contributed by atoms with Gasteiger partial charge in [-0.25, -0.2) is 18.4 Å². The first kappa shape index (κ1) is 75.1. The van der Waals surface area contributed by atoms with Crippen LogP contribution < -0.4 is 38.2 Å². The van der Waals surface area contributed by atoms with Gasteiger partial charge in [-0.2, -0.15) is 13.5 Å². The Bertz CT molecular complexity index is 3570. The number of rotatable bonds is 24. The molecule has 0 heterocycles. The van der Waals surface area contributed by atoms with Gasteiger partial charge in [-0.15, -0.1) is 0 Å². The van der Waals surface area contributed by atoms with Gasteiger partial charge in [-0.3, -0.25) is 39.6 Å². The van der Waals surface area contributed by atoms with Crippen molar-refractivity contribution in [1.82, 2.24) is 21.3 Å². The van der Waals surface area contributed by atoms with Crippen molar-refractivity contribution in [3.8, 4) is 11.1 Å². The topological polar surface area (TPSA) is 354 Å². The highest BCUT2D eigenvalue weighted by Crippen LogP contribution is 2.34. The number of hydrogen-bond acceptors (Lipinski definition) is 13. The standard InChI is InChI=1S/C28H24Cl3FN4O5.C23H23BrCl2N4O5.C6H5BClFO2.H2S/c29-19-6-4-15(12-22(19)32)17-10-20(30)25(21(31)11-17)27(39)36-23(28(40)41)7-5-18(37)13-35-26(38)16-3-1-2-14(8-16)9-24(33)34;1-35-23(34)18(30-22(33)20-16(25)9-14(24)10-17(20)26)6-5-15(31)11-29-21(32)13-4-2-3-12(7-13)8-19(27)28;8-5-2-1-4(7(10)11)3-6(5)9;/h1-4,6,8,10-12,23H,5,7,9,13H2,(H3,33,34)(H,35,38)(H,36,39)(H,40,41);2-4,7,9-10,18H,5-6,8,11H2,1H3,(H3,27,28)(H,29,32)(H,30,33);1-3,10-11H;1H2/t23-;18-;;/m00../s1. The first-order valence-electron chi connectivity index (χ1n) is 25.2. The lowest BCUT2D eigenvalue weighted by atomic mass is 9.80. The highest BCUT2D eigenvalue weighted by atomic mass is 79.9. The Hall–Kier alpha value is -7.17. The fourth-order valence-corrected chi connectivity index (χ4v) is 9.88. The van der Waals surface area contributed by atoms with Crippen molar-refractivity contribution in [1.29, 1.82) is 10.8 Å². The molecule has 6 aromatic carbocycles. The number of carboxylic acids is 1. The molecular weight excluding hydrogens is 1360 g/mol. The number of hydrogen-bond donors (Lipinski definition) is 11. The Morgan fingerprint density at radius 1 is 0.580 bits per heavy atom. The molecule has 0 bridgehead atoms. The third-order valence-electron chi connectivity index (χ3n) is 11.9. The van der Waals surface area contributed by atoms with E-state index in [4.69, 9.17) is 107 Å². The Morgan fingerprint density at radius 3 is 1.41 bits per heavy atom. The van der Waals surface area contributed by atoms with Crippen LogP contribution in [0.3, 0.4) is 0 Å². The molecule has 0 spiro atoms. The molecule has 4 amide bonds. The minimum Gasteiger partial charge on any atom is -0.480 e. The van der Waals surface area contributed by atoms with Gasteiger partial charge in [-0.1, -0.05) is 122 Å². The van der Waals surface area contributed by atoms with Crippen molar-refractivity contribution < 1.29 is 67.0 Å². The Kier molecular flexibility index (Phi) is 31.0. The molecule has 0 aliphatic rings. The van der Waals surface area contributed by atoms with Crippen LogP contribution in [0.1, 0.15) is 78.2 Å². The molecule has 88 heavy (non-hydrogen) atoms. The van der Waals surface area contributed by atoms with Gasteiger partial charge in [-0.05, 0) is 113 Å². The molecule has 6 rings (SSSR count). The maximum absolute atomic E-state index is 13.9. The molecule has 0 aromatic heterocycles. The van der Waals surface area contributed by atoms with E-state index >= 15 is 0 Å². The fourth-order valence-electron chi connectivity index (χ4n) is 7.61. The van der Waals surface area contributed by atoms with E-state index in [9.17, 15) is 52.2 Å². The van der Waals surface area contributed by atoms with Gasteiger partial charge >= 0.3 is 19.1 Å². The summed E-state index contributed by atoms with van der Waals surface area (Å²) in [5.41, 5.74) is 13.4. The Labute approximate surface area is 548 Å². The van der Waals surface area contributed by atoms with Crippen LogP contribution in [0.5, 0.6) is 0 Å². The molecule has 0 saturated heterocycles. The average Bonchev–Trinajstić information content (AvgIpc) is 1.91. The number of nitrogens with one attached hydrogen (secondary N) is 6. The lowest BCUT2D eigenvalue weighted by Crippen LogP contribution is -2.42. The highest BCUT2D eigenvalue weighted by molar-refractivity contribution is 9.10. The molecule has 0 aliphatic carbocycles. The van der Waals surface area contributed by atoms with Crippen LogP contribution in [0.15, 0.2) is 114 Å². The SMILES string of the molecule is COC(=O)[C@H](CCC(=O)CNC(=O)c1cccc(CC(=N)N)c1)NC(=O)c1c(Cl)cc(Br)cc1Cl.N=C(N)Cc1cccc(C(=O)NCC(=O)CC[C@H](NC(=O)c2c(Cl)cc(-c3ccc(Cl)c(F)c3)cc2Cl)C(=O)O)c1.OB(O)c1ccc(Cl)c(F)c1.S. The number of aliphatic carboxylic acids is 1. The summed E-state index contributed by atoms with van der Waals surface area (Å²) >= 11 is 39.0. The molecule has 0 fully saturated rings. The predicted octanol–water partition coefficient (Wildman–Crippen LogP) is 8.45. The Morgan fingerprint density at radius 2 is 1.00 bits per heavy atom. The zero-order valence-electron chi connectivity index (χ0n) is 45.9. The average molecular weight is 1420 g/mol. The van der Waals surface area contributed by atoms with Crippen molar-refractivity contribution in [3.63, 3.8) is 0 Å². The smallest absolute Gasteiger partial charge is 0.480 e. The van der Waals surface area contributed by atoms with E-state index in [2.05, 4.69) is 37.2 Å². The summed E-state index contributed by atoms with van der Waals surface area (Å²) in [6, 6.07) is 23.8. The first-order valence-corrected chi connectivity index (χ1v) is 28.3. The molecule has 31 heteroatoms. The van der Waals surface area contributed by atoms with Gasteiger partial charge in [0, 0.05) is 41.3 Å². The summed E-state index contributed by atoms with van der Waals surface area (Å²) in [4.78, 5) is 98.9. The van der Waals surface area contributed by atoms with Gasteiger partial charge in [0.25, 0.3) is 23.6 Å². The van der Waals surface area contributed by atoms with Crippen LogP contribution in [-0.2, 0) is 36.8 Å². The number of amides is 4. The van der Waals surface area contributed by atoms with E-state index in [1.807, 2.05) is 0 Å². The van der Waals surface area contributed by atoms with Crippen LogP contribution in [0.2, 0.25) is 30.1 Å². The molecular formula is C57H54BBrCl6F2N8O12S. The van der Waals surface area contributed by atoms with E-state index < -0.39 is 72.2 Å². The summed E-state index contributed by atoms with van der Waals surface area (Å²) in [6.07, 6.45) is -0.326. The fraction of sp³-hybridized carbons (Fsp3) is 0.193. The predicted molar refractivity (Wildman–Crippen MR) is 342 cm³/mol. The summed E-state index contributed by atoms with van der Waals surface area (Å²) in [6.45, 7) is -0.636. The first-order chi connectivity index (χ1) is 41.0. The van der Waals surface area contributed by atoms with E-state index in [-0.39, 0.29) is 135 Å². The van der Waals surface area contributed by atoms with Crippen molar-refractivity contribution in [2.75, 3.05) is 20.2 Å². The summed E-state index contributed by atoms with van der Waals surface area (Å²) in [7, 11) is -0.495. The molecule has 0 saturated carbocycles. The number of benzene rings is 6. The van der Waals surface area contributed by atoms with Crippen molar-refractivity contribution in [3.05, 3.63) is 189 Å². The number of amidine groups is 2. The second-order valence-corrected chi connectivity index (χ2v) is 21.8. The number of nitrogens with two attached hydrogens (primary N) is 2. The second-order valence-electron chi connectivity index (χ2n) is 18.5. The minimum absolute atomic E-state index is 0. The number of carboxylic acid groups (broad SMARTS) is 1. The maximum Gasteiger partial charge on any atom is 0.488 e. The number of esters is 1. The molecule has 2 atom stereocenters. The summed E-state index contributed by atoms with van der Waals surface area (Å²) in [5.74, 6) is -6.95. The lowest BCUT2D eigenvalue weighted by Gasteiger charge is -2.17. The maximum atomic E-state index is 13.9. The minimum atomic E-state index is -1.65. The van der Waals surface area contributed by atoms with Crippen LogP contribution in [0.25, 0.3) is 11.1 Å². The quantitative estimate of drug-likeness (QED) is 0.0117. The number of ether oxygens (including phenoxy) is 1. The molecule has 20 nitrogen and oxygen atoms in total. The third kappa shape index (κ3) is 24.1. The van der Waals surface area contributed by atoms with Crippen LogP contribution in [0, 0.1) is 22.5 Å². The summed E-state index contributed by atoms with van der Waals surface area (Å²) in [5, 5.41) is 51.1. The molecule has 0 radical (unpaired) electrons. The van der Waals surface area contributed by atoms with E-state index in [0.29, 0.717) is 32.3 Å². The van der Waals surface area contributed by atoms with Crippen LogP contribution in [-0.4, -0.2) is 113 Å². The number of ketones is 2. The van der Waals surface area contributed by atoms with Gasteiger partial charge in [0.15, 0.2) is 11.6 Å². The number of methoxy groups -OCH3 is 1. The van der Waals surface area contributed by atoms with Gasteiger partial charge < -0.3 is 52.6 Å². The van der Waals surface area contributed by atoms with Gasteiger partial charge in [0.1, 0.15) is 23.7 Å². The zero-order valence-corrected chi connectivity index (χ0v) is 53.0. The highest BCUT2D eigenvalue weighted by Gasteiger charge is 2.28. The largest absolute Gasteiger partial charge is 0.488 e. The number of Topliss-reactive ketones (excluding diaryl/α,β-unsaturated/α-hetero) is 2. The van der Waals surface area contributed by atoms with Gasteiger partial charge in [0.05, 0.1) is 73.1 Å². The monoisotopic (exact) mass is 1410 g/mol. The van der Waals surface area contributed by atoms with Crippen molar-refractivity contribution in [2.45, 2.75) is 50.6 Å². The van der Waals surface area contributed by atoms with Gasteiger partial charge in [0.2, 0.25) is 0 Å². The molecule has 0 aliphatic heterocycles.